The molecular formula is C23H22N8O2. The van der Waals surface area contributed by atoms with Crippen LogP contribution < -0.4 is 11.2 Å². The minimum atomic E-state index is -0.426. The standard InChI is InChI=1S/C23H22N8O2/c1-3-12-29-22(32)20-21(26-23(29)33)25-15(2)30(20)13-16-8-10-17(11-9-16)18-6-4-5-7-19(18)31-14-24-27-28-31/h4-11,14H,3,12-13H2,1-2H3,(H,26,33). The monoisotopic (exact) mass is 442 g/mol. The highest BCUT2D eigenvalue weighted by Crippen LogP contribution is 2.26. The van der Waals surface area contributed by atoms with E-state index >= 15 is 0 Å². The number of imidazole rings is 1. The van der Waals surface area contributed by atoms with Crippen LogP contribution in [-0.4, -0.2) is 39.3 Å². The summed E-state index contributed by atoms with van der Waals surface area (Å²) in [6.45, 7) is 4.59. The van der Waals surface area contributed by atoms with Crippen molar-refractivity contribution < 1.29 is 0 Å². The molecule has 0 saturated heterocycles. The molecule has 0 unspecified atom stereocenters. The molecule has 0 bridgehead atoms. The van der Waals surface area contributed by atoms with Gasteiger partial charge in [0.2, 0.25) is 0 Å². The number of aryl methyl sites for hydroxylation is 1. The lowest BCUT2D eigenvalue weighted by Crippen LogP contribution is -2.35. The average molecular weight is 442 g/mol. The van der Waals surface area contributed by atoms with Crippen molar-refractivity contribution in [3.8, 4) is 16.8 Å². The summed E-state index contributed by atoms with van der Waals surface area (Å²) in [5.74, 6) is 0.667. The highest BCUT2D eigenvalue weighted by molar-refractivity contribution is 5.73. The quantitative estimate of drug-likeness (QED) is 0.431. The SMILES string of the molecule is CCCn1c(=O)[nH]c2nc(C)n(Cc3ccc(-c4ccccc4-n4cnnn4)cc3)c2c1=O. The van der Waals surface area contributed by atoms with Crippen LogP contribution in [0.15, 0.2) is 64.4 Å². The number of aromatic amines is 1. The van der Waals surface area contributed by atoms with Gasteiger partial charge in [-0.1, -0.05) is 49.4 Å². The van der Waals surface area contributed by atoms with Gasteiger partial charge < -0.3 is 4.57 Å². The molecule has 10 heteroatoms. The van der Waals surface area contributed by atoms with Crippen LogP contribution in [0.1, 0.15) is 24.7 Å². The number of rotatable bonds is 6. The summed E-state index contributed by atoms with van der Waals surface area (Å²) in [7, 11) is 0. The maximum Gasteiger partial charge on any atom is 0.330 e. The van der Waals surface area contributed by atoms with Crippen molar-refractivity contribution in [2.45, 2.75) is 33.4 Å². The second-order valence-corrected chi connectivity index (χ2v) is 7.80. The van der Waals surface area contributed by atoms with E-state index in [-0.39, 0.29) is 5.56 Å². The summed E-state index contributed by atoms with van der Waals surface area (Å²) in [6.07, 6.45) is 2.25. The highest BCUT2D eigenvalue weighted by atomic mass is 16.2. The number of benzene rings is 2. The fourth-order valence-corrected chi connectivity index (χ4v) is 4.04. The molecule has 5 aromatic rings. The van der Waals surface area contributed by atoms with Crippen molar-refractivity contribution in [3.05, 3.63) is 87.1 Å². The topological polar surface area (TPSA) is 116 Å². The Morgan fingerprint density at radius 3 is 2.52 bits per heavy atom. The van der Waals surface area contributed by atoms with Crippen molar-refractivity contribution in [2.75, 3.05) is 0 Å². The highest BCUT2D eigenvalue weighted by Gasteiger charge is 2.16. The Hall–Kier alpha value is -4.34. The molecule has 166 valence electrons. The Labute approximate surface area is 188 Å². The molecule has 0 atom stereocenters. The van der Waals surface area contributed by atoms with Gasteiger partial charge in [-0.15, -0.1) is 5.10 Å². The Bertz CT molecular complexity index is 1540. The molecule has 1 N–H and O–H groups in total. The number of hydrogen-bond donors (Lipinski definition) is 1. The van der Waals surface area contributed by atoms with Crippen molar-refractivity contribution in [1.29, 1.82) is 0 Å². The molecule has 0 aliphatic heterocycles. The molecule has 0 aliphatic carbocycles. The Morgan fingerprint density at radius 1 is 1.00 bits per heavy atom. The summed E-state index contributed by atoms with van der Waals surface area (Å²) < 4.78 is 4.72. The lowest BCUT2D eigenvalue weighted by Gasteiger charge is -2.11. The predicted octanol–water partition coefficient (Wildman–Crippen LogP) is 2.30. The van der Waals surface area contributed by atoms with Gasteiger partial charge in [-0.25, -0.2) is 9.78 Å². The van der Waals surface area contributed by atoms with Crippen LogP contribution in [0.2, 0.25) is 0 Å². The zero-order valence-electron chi connectivity index (χ0n) is 18.3. The lowest BCUT2D eigenvalue weighted by atomic mass is 10.0. The number of fused-ring (bicyclic) bond motifs is 1. The molecule has 0 aliphatic rings. The van der Waals surface area contributed by atoms with E-state index in [1.807, 2.05) is 66.9 Å². The first-order valence-corrected chi connectivity index (χ1v) is 10.7. The third-order valence-corrected chi connectivity index (χ3v) is 5.63. The molecule has 0 spiro atoms. The Morgan fingerprint density at radius 2 is 1.79 bits per heavy atom. The second kappa shape index (κ2) is 8.30. The van der Waals surface area contributed by atoms with E-state index in [4.69, 9.17) is 0 Å². The summed E-state index contributed by atoms with van der Waals surface area (Å²) >= 11 is 0. The first-order valence-electron chi connectivity index (χ1n) is 10.7. The Kier molecular flexibility index (Phi) is 5.17. The fraction of sp³-hybridized carbons (Fsp3) is 0.217. The van der Waals surface area contributed by atoms with E-state index in [2.05, 4.69) is 25.5 Å². The van der Waals surface area contributed by atoms with Crippen molar-refractivity contribution in [2.24, 2.45) is 0 Å². The van der Waals surface area contributed by atoms with Crippen molar-refractivity contribution in [3.63, 3.8) is 0 Å². The van der Waals surface area contributed by atoms with Gasteiger partial charge in [-0.2, -0.15) is 4.68 Å². The molecule has 33 heavy (non-hydrogen) atoms. The van der Waals surface area contributed by atoms with Gasteiger partial charge in [-0.3, -0.25) is 14.3 Å². The first kappa shape index (κ1) is 20.6. The van der Waals surface area contributed by atoms with Crippen LogP contribution in [0.4, 0.5) is 0 Å². The van der Waals surface area contributed by atoms with E-state index in [9.17, 15) is 9.59 Å². The number of nitrogens with zero attached hydrogens (tertiary/aromatic N) is 7. The van der Waals surface area contributed by atoms with E-state index in [0.29, 0.717) is 36.5 Å². The zero-order valence-corrected chi connectivity index (χ0v) is 18.3. The van der Waals surface area contributed by atoms with Gasteiger partial charge in [-0.05, 0) is 41.0 Å². The summed E-state index contributed by atoms with van der Waals surface area (Å²) in [4.78, 5) is 32.4. The van der Waals surface area contributed by atoms with Gasteiger partial charge in [0.15, 0.2) is 11.2 Å². The minimum absolute atomic E-state index is 0.316. The lowest BCUT2D eigenvalue weighted by molar-refractivity contribution is 0.619. The van der Waals surface area contributed by atoms with E-state index < -0.39 is 5.69 Å². The van der Waals surface area contributed by atoms with Crippen molar-refractivity contribution >= 4 is 11.2 Å². The molecule has 0 radical (unpaired) electrons. The molecule has 0 fully saturated rings. The summed E-state index contributed by atoms with van der Waals surface area (Å²) in [6, 6.07) is 16.0. The van der Waals surface area contributed by atoms with Crippen molar-refractivity contribution in [1.82, 2.24) is 39.3 Å². The molecule has 3 aromatic heterocycles. The van der Waals surface area contributed by atoms with Gasteiger partial charge in [0.1, 0.15) is 12.2 Å². The van der Waals surface area contributed by atoms with Gasteiger partial charge in [0.25, 0.3) is 5.56 Å². The number of H-pyrrole nitrogens is 1. The van der Waals surface area contributed by atoms with Crippen LogP contribution in [0.25, 0.3) is 28.0 Å². The van der Waals surface area contributed by atoms with Crippen LogP contribution in [0, 0.1) is 6.92 Å². The number of tetrazole rings is 1. The summed E-state index contributed by atoms with van der Waals surface area (Å²) in [5, 5.41) is 11.5. The minimum Gasteiger partial charge on any atom is -0.318 e. The molecule has 5 rings (SSSR count). The maximum absolute atomic E-state index is 13.0. The predicted molar refractivity (Wildman–Crippen MR) is 123 cm³/mol. The van der Waals surface area contributed by atoms with Gasteiger partial charge >= 0.3 is 5.69 Å². The number of aromatic nitrogens is 8. The smallest absolute Gasteiger partial charge is 0.318 e. The number of nitrogens with one attached hydrogen (secondary N) is 1. The molecule has 0 saturated carbocycles. The molecule has 3 heterocycles. The number of hydrogen-bond acceptors (Lipinski definition) is 6. The molecule has 0 amide bonds. The largest absolute Gasteiger partial charge is 0.330 e. The average Bonchev–Trinajstić information content (AvgIpc) is 3.46. The van der Waals surface area contributed by atoms with Gasteiger partial charge in [0, 0.05) is 18.7 Å². The Balaban J connectivity index is 1.51. The third-order valence-electron chi connectivity index (χ3n) is 5.63. The van der Waals surface area contributed by atoms with Crippen LogP contribution in [0.5, 0.6) is 0 Å². The maximum atomic E-state index is 13.0. The molecular weight excluding hydrogens is 420 g/mol. The zero-order chi connectivity index (χ0) is 22.9. The van der Waals surface area contributed by atoms with E-state index in [0.717, 1.165) is 22.4 Å². The third kappa shape index (κ3) is 3.65. The van der Waals surface area contributed by atoms with Crippen LogP contribution in [-0.2, 0) is 13.1 Å². The van der Waals surface area contributed by atoms with Crippen LogP contribution in [0.3, 0.4) is 0 Å². The van der Waals surface area contributed by atoms with E-state index in [1.54, 1.807) is 11.0 Å². The van der Waals surface area contributed by atoms with E-state index in [1.165, 1.54) is 4.57 Å². The molecule has 2 aromatic carbocycles. The normalized spacial score (nSPS) is 11.3. The van der Waals surface area contributed by atoms with Crippen LogP contribution >= 0.6 is 0 Å². The van der Waals surface area contributed by atoms with Gasteiger partial charge in [0.05, 0.1) is 5.69 Å². The number of para-hydroxylation sites is 1. The summed E-state index contributed by atoms with van der Waals surface area (Å²) in [5.41, 5.74) is 3.90. The second-order valence-electron chi connectivity index (χ2n) is 7.80. The fourth-order valence-electron chi connectivity index (χ4n) is 4.04. The molecule has 10 nitrogen and oxygen atoms in total. The first-order chi connectivity index (χ1) is 16.1.